The Morgan fingerprint density at radius 1 is 1.12 bits per heavy atom. The molecule has 0 unspecified atom stereocenters. The van der Waals surface area contributed by atoms with Gasteiger partial charge in [0.15, 0.2) is 0 Å². The maximum Gasteiger partial charge on any atom is 0.233 e. The first kappa shape index (κ1) is 16.3. The van der Waals surface area contributed by atoms with Crippen LogP contribution in [-0.4, -0.2) is 21.7 Å². The van der Waals surface area contributed by atoms with Gasteiger partial charge >= 0.3 is 0 Å². The fraction of sp³-hybridized carbons (Fsp3) is 0.350. The summed E-state index contributed by atoms with van der Waals surface area (Å²) in [5, 5.41) is 1.33. The molecule has 0 saturated carbocycles. The molecule has 4 nitrogen and oxygen atoms in total. The zero-order valence-electron chi connectivity index (χ0n) is 14.3. The molecular formula is C20H19ClN2O2. The molecule has 2 aromatic rings. The number of nitrogens with zero attached hydrogens (tertiary/aromatic N) is 2. The van der Waals surface area contributed by atoms with Crippen LogP contribution in [0.5, 0.6) is 0 Å². The zero-order valence-corrected chi connectivity index (χ0v) is 15.0. The Bertz CT molecular complexity index is 909. The Balaban J connectivity index is 1.69. The number of carbonyl (C=O) groups excluding carboxylic acids is 2. The highest BCUT2D eigenvalue weighted by molar-refractivity contribution is 6.30. The minimum atomic E-state index is -0.213. The summed E-state index contributed by atoms with van der Waals surface area (Å²) in [6.07, 6.45) is 5.28. The van der Waals surface area contributed by atoms with Crippen molar-refractivity contribution >= 4 is 34.3 Å². The van der Waals surface area contributed by atoms with E-state index in [1.807, 2.05) is 44.2 Å². The zero-order chi connectivity index (χ0) is 17.7. The van der Waals surface area contributed by atoms with Gasteiger partial charge in [-0.1, -0.05) is 35.9 Å². The molecule has 1 aromatic heterocycles. The monoisotopic (exact) mass is 354 g/mol. The number of benzene rings is 1. The molecule has 25 heavy (non-hydrogen) atoms. The van der Waals surface area contributed by atoms with Crippen molar-refractivity contribution in [2.24, 2.45) is 11.8 Å². The smallest absolute Gasteiger partial charge is 0.233 e. The molecule has 0 radical (unpaired) electrons. The second-order valence-corrected chi connectivity index (χ2v) is 7.29. The van der Waals surface area contributed by atoms with Crippen LogP contribution in [0.1, 0.15) is 29.5 Å². The van der Waals surface area contributed by atoms with Gasteiger partial charge in [-0.05, 0) is 43.9 Å². The lowest BCUT2D eigenvalue weighted by molar-refractivity contribution is -0.140. The minimum Gasteiger partial charge on any atom is -0.277 e. The van der Waals surface area contributed by atoms with E-state index in [0.29, 0.717) is 23.6 Å². The Kier molecular flexibility index (Phi) is 3.88. The molecule has 2 atom stereocenters. The fourth-order valence-electron chi connectivity index (χ4n) is 3.81. The lowest BCUT2D eigenvalue weighted by Gasteiger charge is -2.16. The summed E-state index contributed by atoms with van der Waals surface area (Å²) in [7, 11) is 0. The van der Waals surface area contributed by atoms with Crippen LogP contribution in [0.15, 0.2) is 30.4 Å². The number of hydrogen-bond donors (Lipinski definition) is 0. The van der Waals surface area contributed by atoms with E-state index in [2.05, 4.69) is 4.98 Å². The van der Waals surface area contributed by atoms with Crippen LogP contribution in [0, 0.1) is 25.7 Å². The van der Waals surface area contributed by atoms with Gasteiger partial charge in [-0.3, -0.25) is 14.5 Å². The molecule has 128 valence electrons. The SMILES string of the molecule is Cc1ccc2cc(CN3C(=O)[C@@H]4CC=CC[C@H]4C3=O)c(Cl)nc2c1C. The molecule has 1 aliphatic heterocycles. The summed E-state index contributed by atoms with van der Waals surface area (Å²) >= 11 is 6.38. The van der Waals surface area contributed by atoms with Crippen LogP contribution < -0.4 is 0 Å². The number of halogens is 1. The molecule has 0 spiro atoms. The van der Waals surface area contributed by atoms with E-state index in [-0.39, 0.29) is 30.2 Å². The lowest BCUT2D eigenvalue weighted by atomic mass is 9.85. The van der Waals surface area contributed by atoms with Crippen molar-refractivity contribution in [1.29, 1.82) is 0 Å². The largest absolute Gasteiger partial charge is 0.277 e. The number of aryl methyl sites for hydroxylation is 2. The topological polar surface area (TPSA) is 50.3 Å². The van der Waals surface area contributed by atoms with Gasteiger partial charge in [0.25, 0.3) is 0 Å². The van der Waals surface area contributed by atoms with E-state index in [4.69, 9.17) is 11.6 Å². The van der Waals surface area contributed by atoms with E-state index < -0.39 is 0 Å². The van der Waals surface area contributed by atoms with Crippen molar-refractivity contribution in [3.8, 4) is 0 Å². The van der Waals surface area contributed by atoms with Gasteiger partial charge in [0, 0.05) is 10.9 Å². The number of amides is 2. The van der Waals surface area contributed by atoms with Crippen LogP contribution >= 0.6 is 11.6 Å². The predicted molar refractivity (Wildman–Crippen MR) is 97.1 cm³/mol. The van der Waals surface area contributed by atoms with Crippen molar-refractivity contribution in [3.05, 3.63) is 52.2 Å². The molecule has 5 heteroatoms. The van der Waals surface area contributed by atoms with E-state index in [1.54, 1.807) is 0 Å². The van der Waals surface area contributed by atoms with Gasteiger partial charge in [0.2, 0.25) is 11.8 Å². The van der Waals surface area contributed by atoms with Gasteiger partial charge in [-0.2, -0.15) is 0 Å². The van der Waals surface area contributed by atoms with Gasteiger partial charge in [-0.25, -0.2) is 4.98 Å². The number of imide groups is 1. The number of aromatic nitrogens is 1. The summed E-state index contributed by atoms with van der Waals surface area (Å²) in [6, 6.07) is 5.99. The summed E-state index contributed by atoms with van der Waals surface area (Å²) in [5.74, 6) is -0.602. The van der Waals surface area contributed by atoms with Crippen molar-refractivity contribution in [2.45, 2.75) is 33.2 Å². The van der Waals surface area contributed by atoms with Crippen molar-refractivity contribution in [3.63, 3.8) is 0 Å². The van der Waals surface area contributed by atoms with Crippen molar-refractivity contribution in [1.82, 2.24) is 9.88 Å². The third-order valence-corrected chi connectivity index (χ3v) is 5.79. The number of likely N-dealkylation sites (tertiary alicyclic amines) is 1. The fourth-order valence-corrected chi connectivity index (χ4v) is 4.01. The maximum atomic E-state index is 12.6. The number of rotatable bonds is 2. The molecule has 1 saturated heterocycles. The average molecular weight is 355 g/mol. The Hall–Kier alpha value is -2.20. The average Bonchev–Trinajstić information content (AvgIpc) is 2.85. The molecule has 1 aliphatic carbocycles. The maximum absolute atomic E-state index is 12.6. The van der Waals surface area contributed by atoms with E-state index in [1.165, 1.54) is 4.90 Å². The first-order valence-electron chi connectivity index (χ1n) is 8.53. The standard InChI is InChI=1S/C20H19ClN2O2/c1-11-7-8-13-9-14(18(21)22-17(13)12(11)2)10-23-19(24)15-5-3-4-6-16(15)20(23)25/h3-4,7-9,15-16H,5-6,10H2,1-2H3/t15-,16-/m1/s1. The van der Waals surface area contributed by atoms with Crippen molar-refractivity contribution in [2.75, 3.05) is 0 Å². The molecule has 0 bridgehead atoms. The number of allylic oxidation sites excluding steroid dienone is 2. The molecular weight excluding hydrogens is 336 g/mol. The van der Waals surface area contributed by atoms with Crippen LogP contribution in [0.2, 0.25) is 5.15 Å². The van der Waals surface area contributed by atoms with Crippen LogP contribution in [0.25, 0.3) is 10.9 Å². The Morgan fingerprint density at radius 2 is 1.76 bits per heavy atom. The third-order valence-electron chi connectivity index (χ3n) is 5.47. The molecule has 2 amide bonds. The predicted octanol–water partition coefficient (Wildman–Crippen LogP) is 3.96. The lowest BCUT2D eigenvalue weighted by Crippen LogP contribution is -2.30. The third kappa shape index (κ3) is 2.56. The quantitative estimate of drug-likeness (QED) is 0.466. The van der Waals surface area contributed by atoms with E-state index in [9.17, 15) is 9.59 Å². The Morgan fingerprint density at radius 3 is 2.40 bits per heavy atom. The number of hydrogen-bond acceptors (Lipinski definition) is 3. The van der Waals surface area contributed by atoms with Crippen molar-refractivity contribution < 1.29 is 9.59 Å². The van der Waals surface area contributed by atoms with Crippen LogP contribution in [0.3, 0.4) is 0 Å². The van der Waals surface area contributed by atoms with E-state index >= 15 is 0 Å². The Labute approximate surface area is 151 Å². The molecule has 0 N–H and O–H groups in total. The molecule has 2 aliphatic rings. The number of carbonyl (C=O) groups is 2. The van der Waals surface area contributed by atoms with E-state index in [0.717, 1.165) is 22.0 Å². The molecule has 1 fully saturated rings. The van der Waals surface area contributed by atoms with Crippen LogP contribution in [0.4, 0.5) is 0 Å². The molecule has 1 aromatic carbocycles. The first-order chi connectivity index (χ1) is 12.0. The second-order valence-electron chi connectivity index (χ2n) is 6.94. The summed E-state index contributed by atoms with van der Waals surface area (Å²) < 4.78 is 0. The number of fused-ring (bicyclic) bond motifs is 2. The van der Waals surface area contributed by atoms with Gasteiger partial charge < -0.3 is 0 Å². The summed E-state index contributed by atoms with van der Waals surface area (Å²) in [4.78, 5) is 31.2. The highest BCUT2D eigenvalue weighted by Gasteiger charge is 2.47. The molecule has 2 heterocycles. The number of pyridine rings is 1. The van der Waals surface area contributed by atoms with Gasteiger partial charge in [-0.15, -0.1) is 0 Å². The van der Waals surface area contributed by atoms with Gasteiger partial charge in [0.05, 0.1) is 23.9 Å². The second kappa shape index (κ2) is 5.95. The summed E-state index contributed by atoms with van der Waals surface area (Å²) in [5.41, 5.74) is 3.83. The van der Waals surface area contributed by atoms with Gasteiger partial charge in [0.1, 0.15) is 5.15 Å². The summed E-state index contributed by atoms with van der Waals surface area (Å²) in [6.45, 7) is 4.25. The highest BCUT2D eigenvalue weighted by Crippen LogP contribution is 2.36. The first-order valence-corrected chi connectivity index (χ1v) is 8.90. The molecule has 4 rings (SSSR count). The van der Waals surface area contributed by atoms with Crippen LogP contribution in [-0.2, 0) is 16.1 Å². The highest BCUT2D eigenvalue weighted by atomic mass is 35.5. The normalized spacial score (nSPS) is 22.8. The minimum absolute atomic E-state index is 0.0874.